The summed E-state index contributed by atoms with van der Waals surface area (Å²) in [6, 6.07) is 11.6. The van der Waals surface area contributed by atoms with Crippen molar-refractivity contribution in [2.24, 2.45) is 0 Å². The lowest BCUT2D eigenvalue weighted by molar-refractivity contribution is 0.226. The van der Waals surface area contributed by atoms with Crippen LogP contribution < -0.4 is 0 Å². The van der Waals surface area contributed by atoms with Crippen LogP contribution in [0, 0.1) is 12.7 Å². The third kappa shape index (κ3) is 3.42. The molecule has 0 spiro atoms. The van der Waals surface area contributed by atoms with Gasteiger partial charge in [0.2, 0.25) is 0 Å². The number of pyridine rings is 1. The minimum absolute atomic E-state index is 0.145. The highest BCUT2D eigenvalue weighted by atomic mass is 19.1. The topological polar surface area (TPSA) is 16.1 Å². The predicted molar refractivity (Wildman–Crippen MR) is 79.9 cm³/mol. The normalized spacial score (nSPS) is 12.7. The van der Waals surface area contributed by atoms with E-state index in [4.69, 9.17) is 0 Å². The van der Waals surface area contributed by atoms with Gasteiger partial charge in [-0.2, -0.15) is 0 Å². The molecule has 0 fully saturated rings. The molecule has 0 amide bonds. The van der Waals surface area contributed by atoms with E-state index >= 15 is 0 Å². The zero-order valence-corrected chi connectivity index (χ0v) is 12.3. The van der Waals surface area contributed by atoms with Crippen LogP contribution in [-0.2, 0) is 6.54 Å². The average molecular weight is 272 g/mol. The van der Waals surface area contributed by atoms with Crippen molar-refractivity contribution in [1.82, 2.24) is 9.88 Å². The fourth-order valence-electron chi connectivity index (χ4n) is 2.52. The Bertz CT molecular complexity index is 554. The van der Waals surface area contributed by atoms with Crippen LogP contribution >= 0.6 is 0 Å². The summed E-state index contributed by atoms with van der Waals surface area (Å²) in [4.78, 5) is 6.70. The lowest BCUT2D eigenvalue weighted by Crippen LogP contribution is -2.24. The fraction of sp³-hybridized carbons (Fsp3) is 0.353. The van der Waals surface area contributed by atoms with Crippen LogP contribution in [0.5, 0.6) is 0 Å². The first-order valence-corrected chi connectivity index (χ1v) is 6.98. The molecule has 106 valence electrons. The lowest BCUT2D eigenvalue weighted by atomic mass is 10.1. The summed E-state index contributed by atoms with van der Waals surface area (Å²) < 4.78 is 13.3. The molecule has 2 nitrogen and oxygen atoms in total. The molecule has 1 aromatic heterocycles. The zero-order valence-electron chi connectivity index (χ0n) is 12.3. The minimum atomic E-state index is -0.145. The van der Waals surface area contributed by atoms with Gasteiger partial charge in [-0.05, 0) is 49.7 Å². The summed E-state index contributed by atoms with van der Waals surface area (Å²) in [5, 5.41) is 0. The summed E-state index contributed by atoms with van der Waals surface area (Å²) in [5.74, 6) is -0.145. The highest BCUT2D eigenvalue weighted by molar-refractivity contribution is 5.24. The first-order valence-electron chi connectivity index (χ1n) is 6.98. The first kappa shape index (κ1) is 14.7. The van der Waals surface area contributed by atoms with Crippen LogP contribution in [0.25, 0.3) is 0 Å². The monoisotopic (exact) mass is 272 g/mol. The highest BCUT2D eigenvalue weighted by Crippen LogP contribution is 2.23. The summed E-state index contributed by atoms with van der Waals surface area (Å²) >= 11 is 0. The SMILES string of the molecule is CCC(c1ccccn1)N(C)Cc1ccc(F)c(C)c1. The van der Waals surface area contributed by atoms with Gasteiger partial charge in [-0.25, -0.2) is 4.39 Å². The largest absolute Gasteiger partial charge is 0.294 e. The van der Waals surface area contributed by atoms with Gasteiger partial charge in [-0.3, -0.25) is 9.88 Å². The van der Waals surface area contributed by atoms with Crippen molar-refractivity contribution in [3.05, 3.63) is 65.2 Å². The van der Waals surface area contributed by atoms with E-state index in [-0.39, 0.29) is 11.9 Å². The zero-order chi connectivity index (χ0) is 14.5. The second kappa shape index (κ2) is 6.62. The molecule has 1 aromatic carbocycles. The van der Waals surface area contributed by atoms with Crippen molar-refractivity contribution in [3.63, 3.8) is 0 Å². The van der Waals surface area contributed by atoms with Gasteiger partial charge in [0, 0.05) is 12.7 Å². The Balaban J connectivity index is 2.13. The van der Waals surface area contributed by atoms with Crippen molar-refractivity contribution in [3.8, 4) is 0 Å². The molecule has 1 heterocycles. The van der Waals surface area contributed by atoms with E-state index < -0.39 is 0 Å². The Morgan fingerprint density at radius 1 is 1.25 bits per heavy atom. The van der Waals surface area contributed by atoms with Crippen molar-refractivity contribution in [2.45, 2.75) is 32.9 Å². The van der Waals surface area contributed by atoms with Crippen molar-refractivity contribution in [1.29, 1.82) is 0 Å². The van der Waals surface area contributed by atoms with Gasteiger partial charge in [0.15, 0.2) is 0 Å². The Labute approximate surface area is 120 Å². The first-order chi connectivity index (χ1) is 9.61. The smallest absolute Gasteiger partial charge is 0.126 e. The number of hydrogen-bond donors (Lipinski definition) is 0. The average Bonchev–Trinajstić information content (AvgIpc) is 2.45. The van der Waals surface area contributed by atoms with Gasteiger partial charge in [0.1, 0.15) is 5.82 Å². The predicted octanol–water partition coefficient (Wildman–Crippen LogP) is 4.11. The van der Waals surface area contributed by atoms with Crippen LogP contribution in [0.15, 0.2) is 42.6 Å². The molecule has 0 aliphatic carbocycles. The minimum Gasteiger partial charge on any atom is -0.294 e. The highest BCUT2D eigenvalue weighted by Gasteiger charge is 2.16. The molecule has 0 N–H and O–H groups in total. The van der Waals surface area contributed by atoms with Crippen molar-refractivity contribution in [2.75, 3.05) is 7.05 Å². The maximum Gasteiger partial charge on any atom is 0.126 e. The molecule has 1 atom stereocenters. The van der Waals surface area contributed by atoms with Crippen LogP contribution in [0.3, 0.4) is 0 Å². The third-order valence-electron chi connectivity index (χ3n) is 3.60. The van der Waals surface area contributed by atoms with E-state index in [1.165, 1.54) is 0 Å². The number of nitrogens with zero attached hydrogens (tertiary/aromatic N) is 2. The maximum atomic E-state index is 13.3. The van der Waals surface area contributed by atoms with Gasteiger partial charge < -0.3 is 0 Å². The second-order valence-corrected chi connectivity index (χ2v) is 5.18. The summed E-state index contributed by atoms with van der Waals surface area (Å²) in [6.45, 7) is 4.75. The molecule has 0 radical (unpaired) electrons. The van der Waals surface area contributed by atoms with E-state index in [9.17, 15) is 4.39 Å². The van der Waals surface area contributed by atoms with Crippen LogP contribution in [0.1, 0.15) is 36.2 Å². The summed E-state index contributed by atoms with van der Waals surface area (Å²) in [6.07, 6.45) is 2.82. The molecule has 1 unspecified atom stereocenters. The Morgan fingerprint density at radius 3 is 2.65 bits per heavy atom. The molecule has 0 saturated heterocycles. The van der Waals surface area contributed by atoms with E-state index in [1.807, 2.05) is 30.5 Å². The molecule has 0 aliphatic heterocycles. The second-order valence-electron chi connectivity index (χ2n) is 5.18. The molecule has 0 bridgehead atoms. The molecule has 20 heavy (non-hydrogen) atoms. The van der Waals surface area contributed by atoms with Crippen LogP contribution in [-0.4, -0.2) is 16.9 Å². The Kier molecular flexibility index (Phi) is 4.85. The third-order valence-corrected chi connectivity index (χ3v) is 3.60. The number of halogens is 1. The van der Waals surface area contributed by atoms with Crippen LogP contribution in [0.2, 0.25) is 0 Å². The fourth-order valence-corrected chi connectivity index (χ4v) is 2.52. The van der Waals surface area contributed by atoms with E-state index in [2.05, 4.69) is 29.9 Å². The van der Waals surface area contributed by atoms with Crippen molar-refractivity contribution < 1.29 is 4.39 Å². The lowest BCUT2D eigenvalue weighted by Gasteiger charge is -2.26. The molecular weight excluding hydrogens is 251 g/mol. The Hall–Kier alpha value is -1.74. The molecule has 2 rings (SSSR count). The van der Waals surface area contributed by atoms with E-state index in [0.717, 1.165) is 24.2 Å². The molecule has 2 aromatic rings. The molecule has 3 heteroatoms. The van der Waals surface area contributed by atoms with Crippen LogP contribution in [0.4, 0.5) is 4.39 Å². The van der Waals surface area contributed by atoms with Gasteiger partial charge >= 0.3 is 0 Å². The van der Waals surface area contributed by atoms with E-state index in [1.54, 1.807) is 13.0 Å². The number of rotatable bonds is 5. The number of benzene rings is 1. The molecular formula is C17H21FN2. The van der Waals surface area contributed by atoms with Gasteiger partial charge in [-0.15, -0.1) is 0 Å². The Morgan fingerprint density at radius 2 is 2.05 bits per heavy atom. The van der Waals surface area contributed by atoms with Crippen molar-refractivity contribution >= 4 is 0 Å². The molecule has 0 aliphatic rings. The molecule has 0 saturated carbocycles. The summed E-state index contributed by atoms with van der Waals surface area (Å²) in [5.41, 5.74) is 2.90. The number of aryl methyl sites for hydroxylation is 1. The van der Waals surface area contributed by atoms with Gasteiger partial charge in [-0.1, -0.05) is 25.1 Å². The summed E-state index contributed by atoms with van der Waals surface area (Å²) in [7, 11) is 2.08. The standard InChI is InChI=1S/C17H21FN2/c1-4-17(16-7-5-6-10-19-16)20(3)12-14-8-9-15(18)13(2)11-14/h5-11,17H,4,12H2,1-3H3. The van der Waals surface area contributed by atoms with Gasteiger partial charge in [0.25, 0.3) is 0 Å². The number of hydrogen-bond acceptors (Lipinski definition) is 2. The maximum absolute atomic E-state index is 13.3. The number of aromatic nitrogens is 1. The van der Waals surface area contributed by atoms with Gasteiger partial charge in [0.05, 0.1) is 11.7 Å². The quantitative estimate of drug-likeness (QED) is 0.814. The van der Waals surface area contributed by atoms with E-state index in [0.29, 0.717) is 5.56 Å².